The zero-order valence-corrected chi connectivity index (χ0v) is 65.9. The van der Waals surface area contributed by atoms with E-state index in [9.17, 15) is 43.2 Å². The first-order valence-corrected chi connectivity index (χ1v) is 44.0. The zero-order valence-electron chi connectivity index (χ0n) is 64.1. The lowest BCUT2D eigenvalue weighted by Gasteiger charge is -2.21. The van der Waals surface area contributed by atoms with Crippen molar-refractivity contribution in [1.82, 2.24) is 0 Å². The number of aliphatic hydroxyl groups excluding tert-OH is 1. The minimum Gasteiger partial charge on any atom is -0.462 e. The molecule has 0 saturated heterocycles. The van der Waals surface area contributed by atoms with Crippen LogP contribution in [0.1, 0.15) is 414 Å². The molecule has 0 aliphatic rings. The maximum Gasteiger partial charge on any atom is 0.472 e. The number of ether oxygens (including phenoxy) is 4. The summed E-state index contributed by atoms with van der Waals surface area (Å²) in [5.41, 5.74) is 0. The van der Waals surface area contributed by atoms with Crippen molar-refractivity contribution in [3.8, 4) is 0 Å². The van der Waals surface area contributed by atoms with E-state index in [0.717, 1.165) is 102 Å². The molecule has 3 N–H and O–H groups in total. The van der Waals surface area contributed by atoms with Crippen LogP contribution in [0, 0.1) is 11.8 Å². The van der Waals surface area contributed by atoms with Crippen molar-refractivity contribution < 1.29 is 80.2 Å². The minimum absolute atomic E-state index is 0.107. The summed E-state index contributed by atoms with van der Waals surface area (Å²) in [4.78, 5) is 72.9. The molecule has 0 aliphatic heterocycles. The number of hydrogen-bond donors (Lipinski definition) is 3. The Balaban J connectivity index is 5.22. The van der Waals surface area contributed by atoms with Gasteiger partial charge < -0.3 is 33.8 Å². The van der Waals surface area contributed by atoms with Crippen LogP contribution in [0.15, 0.2) is 0 Å². The van der Waals surface area contributed by atoms with Gasteiger partial charge in [0.25, 0.3) is 0 Å². The monoisotopic (exact) mass is 1440 g/mol. The fourth-order valence-electron chi connectivity index (χ4n) is 12.2. The summed E-state index contributed by atoms with van der Waals surface area (Å²) < 4.78 is 68.6. The molecule has 98 heavy (non-hydrogen) atoms. The van der Waals surface area contributed by atoms with Crippen LogP contribution in [0.3, 0.4) is 0 Å². The van der Waals surface area contributed by atoms with Gasteiger partial charge in [-0.1, -0.05) is 363 Å². The van der Waals surface area contributed by atoms with E-state index in [1.54, 1.807) is 0 Å². The van der Waals surface area contributed by atoms with Crippen LogP contribution in [0.2, 0.25) is 0 Å². The third-order valence-corrected chi connectivity index (χ3v) is 20.7. The van der Waals surface area contributed by atoms with E-state index in [1.807, 2.05) is 0 Å². The predicted octanol–water partition coefficient (Wildman–Crippen LogP) is 23.5. The summed E-state index contributed by atoms with van der Waals surface area (Å²) in [6, 6.07) is 0. The van der Waals surface area contributed by atoms with Crippen LogP contribution in [-0.2, 0) is 65.4 Å². The molecule has 0 spiro atoms. The Morgan fingerprint density at radius 2 is 0.520 bits per heavy atom. The van der Waals surface area contributed by atoms with Crippen molar-refractivity contribution in [2.45, 2.75) is 432 Å². The molecule has 582 valence electrons. The topological polar surface area (TPSA) is 237 Å². The Bertz CT molecular complexity index is 1890. The quantitative estimate of drug-likeness (QED) is 0.0222. The normalized spacial score (nSPS) is 14.2. The number of phosphoric acid groups is 2. The van der Waals surface area contributed by atoms with Crippen LogP contribution in [0.25, 0.3) is 0 Å². The van der Waals surface area contributed by atoms with E-state index in [1.165, 1.54) is 231 Å². The highest BCUT2D eigenvalue weighted by Gasteiger charge is 2.30. The number of unbranched alkanes of at least 4 members (excludes halogenated alkanes) is 47. The maximum absolute atomic E-state index is 13.1. The molecule has 6 atom stereocenters. The first-order valence-electron chi connectivity index (χ1n) is 41.0. The molecule has 0 radical (unpaired) electrons. The Morgan fingerprint density at radius 3 is 0.776 bits per heavy atom. The molecular weight excluding hydrogens is 1280 g/mol. The van der Waals surface area contributed by atoms with Gasteiger partial charge in [-0.05, 0) is 37.5 Å². The standard InChI is InChI=1S/C79H154O17P2/c1-7-10-12-14-16-18-19-32-39-45-51-57-63-78(83)95-74(67-89-76(81)61-55-49-43-35-17-15-13-11-8-2)69-93-97(85,86)91-65-73(80)66-92-98(87,88)94-70-75(68-90-77(82)62-56-50-44-38-33-28-25-24-27-31-37-42-48-54-60-72(6)9-3)96-79(84)64-58-52-46-40-34-29-23-21-20-22-26-30-36-41-47-53-59-71(4)5/h71-75,80H,7-70H2,1-6H3,(H,85,86)(H,87,88)/t72?,73-,74+,75+/m0/s1. The molecule has 0 bridgehead atoms. The van der Waals surface area contributed by atoms with Gasteiger partial charge in [0, 0.05) is 25.7 Å². The molecule has 0 aromatic rings. The fourth-order valence-corrected chi connectivity index (χ4v) is 13.7. The van der Waals surface area contributed by atoms with Crippen molar-refractivity contribution >= 4 is 39.5 Å². The highest BCUT2D eigenvalue weighted by Crippen LogP contribution is 2.45. The summed E-state index contributed by atoms with van der Waals surface area (Å²) in [5.74, 6) is -0.452. The summed E-state index contributed by atoms with van der Waals surface area (Å²) in [5, 5.41) is 10.6. The van der Waals surface area contributed by atoms with E-state index < -0.39 is 97.5 Å². The maximum atomic E-state index is 13.1. The third kappa shape index (κ3) is 71.1. The fraction of sp³-hybridized carbons (Fsp3) is 0.949. The van der Waals surface area contributed by atoms with Crippen molar-refractivity contribution in [3.05, 3.63) is 0 Å². The first kappa shape index (κ1) is 96.1. The minimum atomic E-state index is -4.96. The van der Waals surface area contributed by atoms with Gasteiger partial charge in [0.1, 0.15) is 19.3 Å². The van der Waals surface area contributed by atoms with Gasteiger partial charge in [0.05, 0.1) is 26.4 Å². The summed E-state index contributed by atoms with van der Waals surface area (Å²) >= 11 is 0. The first-order chi connectivity index (χ1) is 47.4. The lowest BCUT2D eigenvalue weighted by atomic mass is 9.99. The number of carbonyl (C=O) groups is 4. The summed E-state index contributed by atoms with van der Waals surface area (Å²) in [6.07, 6.45) is 59.5. The number of hydrogen-bond acceptors (Lipinski definition) is 15. The number of rotatable bonds is 78. The highest BCUT2D eigenvalue weighted by atomic mass is 31.2. The van der Waals surface area contributed by atoms with Crippen LogP contribution < -0.4 is 0 Å². The van der Waals surface area contributed by atoms with E-state index in [2.05, 4.69) is 41.5 Å². The SMILES string of the molecule is CCCCCCCCCCCCCCC(=O)O[C@H](COC(=O)CCCCCCCCCCC)COP(=O)(O)OC[C@H](O)COP(=O)(O)OC[C@@H](COC(=O)CCCCCCCCCCCCCCCCC(C)CC)OC(=O)CCCCCCCCCCCCCCCCCCC(C)C. The van der Waals surface area contributed by atoms with Crippen molar-refractivity contribution in [3.63, 3.8) is 0 Å². The van der Waals surface area contributed by atoms with E-state index in [0.29, 0.717) is 25.7 Å². The molecule has 0 amide bonds. The van der Waals surface area contributed by atoms with Gasteiger partial charge in [-0.15, -0.1) is 0 Å². The van der Waals surface area contributed by atoms with E-state index >= 15 is 0 Å². The van der Waals surface area contributed by atoms with Gasteiger partial charge in [-0.2, -0.15) is 0 Å². The Kier molecular flexibility index (Phi) is 69.3. The molecule has 3 unspecified atom stereocenters. The lowest BCUT2D eigenvalue weighted by molar-refractivity contribution is -0.161. The Hall–Kier alpha value is -1.94. The molecule has 0 saturated carbocycles. The Labute approximate surface area is 600 Å². The lowest BCUT2D eigenvalue weighted by Crippen LogP contribution is -2.30. The highest BCUT2D eigenvalue weighted by molar-refractivity contribution is 7.47. The smallest absolute Gasteiger partial charge is 0.462 e. The number of esters is 4. The van der Waals surface area contributed by atoms with Crippen LogP contribution in [0.4, 0.5) is 0 Å². The Morgan fingerprint density at radius 1 is 0.296 bits per heavy atom. The molecule has 0 rings (SSSR count). The van der Waals surface area contributed by atoms with Crippen LogP contribution >= 0.6 is 15.6 Å². The third-order valence-electron chi connectivity index (χ3n) is 18.8. The number of phosphoric ester groups is 2. The van der Waals surface area contributed by atoms with E-state index in [-0.39, 0.29) is 25.7 Å². The zero-order chi connectivity index (χ0) is 72.1. The number of aliphatic hydroxyl groups is 1. The van der Waals surface area contributed by atoms with Crippen molar-refractivity contribution in [1.29, 1.82) is 0 Å². The van der Waals surface area contributed by atoms with E-state index in [4.69, 9.17) is 37.0 Å². The largest absolute Gasteiger partial charge is 0.472 e. The second-order valence-corrected chi connectivity index (χ2v) is 32.1. The van der Waals surface area contributed by atoms with Gasteiger partial charge in [0.15, 0.2) is 12.2 Å². The molecule has 0 heterocycles. The molecule has 0 fully saturated rings. The molecule has 17 nitrogen and oxygen atoms in total. The predicted molar refractivity (Wildman–Crippen MR) is 400 cm³/mol. The van der Waals surface area contributed by atoms with Crippen LogP contribution in [-0.4, -0.2) is 96.7 Å². The molecule has 19 heteroatoms. The van der Waals surface area contributed by atoms with Crippen molar-refractivity contribution in [2.24, 2.45) is 11.8 Å². The van der Waals surface area contributed by atoms with Gasteiger partial charge in [-0.3, -0.25) is 37.3 Å². The average molecular weight is 1440 g/mol. The second-order valence-electron chi connectivity index (χ2n) is 29.2. The average Bonchev–Trinajstić information content (AvgIpc) is 1.30. The summed E-state index contributed by atoms with van der Waals surface area (Å²) in [7, 11) is -9.91. The van der Waals surface area contributed by atoms with Gasteiger partial charge in [-0.25, -0.2) is 9.13 Å². The molecule has 0 aliphatic carbocycles. The van der Waals surface area contributed by atoms with Gasteiger partial charge in [0.2, 0.25) is 0 Å². The summed E-state index contributed by atoms with van der Waals surface area (Å²) in [6.45, 7) is 9.69. The van der Waals surface area contributed by atoms with Gasteiger partial charge >= 0.3 is 39.5 Å². The second kappa shape index (κ2) is 70.7. The molecule has 0 aromatic carbocycles. The molecule has 0 aromatic heterocycles. The molecular formula is C79H154O17P2. The number of carbonyl (C=O) groups excluding carboxylic acids is 4. The van der Waals surface area contributed by atoms with Crippen LogP contribution in [0.5, 0.6) is 0 Å². The van der Waals surface area contributed by atoms with Crippen molar-refractivity contribution in [2.75, 3.05) is 39.6 Å².